The quantitative estimate of drug-likeness (QED) is 0.360. The van der Waals surface area contributed by atoms with Crippen LogP contribution in [-0.2, 0) is 0 Å². The summed E-state index contributed by atoms with van der Waals surface area (Å²) in [6.07, 6.45) is -0.150. The predicted octanol–water partition coefficient (Wildman–Crippen LogP) is 1.64. The van der Waals surface area contributed by atoms with Gasteiger partial charge >= 0.3 is 6.09 Å². The molecule has 0 radical (unpaired) electrons. The Balaban J connectivity index is 2.52. The summed E-state index contributed by atoms with van der Waals surface area (Å²) in [4.78, 5) is 13.3. The van der Waals surface area contributed by atoms with Gasteiger partial charge in [-0.05, 0) is 19.1 Å². The number of nitrogens with two attached hydrogens (primary N) is 1. The number of carbonyl (C=O) groups is 1. The van der Waals surface area contributed by atoms with Crippen molar-refractivity contribution in [1.82, 2.24) is 4.90 Å². The second-order valence-corrected chi connectivity index (χ2v) is 3.60. The predicted molar refractivity (Wildman–Crippen MR) is 67.7 cm³/mol. The van der Waals surface area contributed by atoms with E-state index in [0.717, 1.165) is 0 Å². The molecule has 3 N–H and O–H groups in total. The Labute approximate surface area is 106 Å². The SMILES string of the molecule is CCN(CCC(N)=NO)C(=O)Oc1ccccc1. The maximum atomic E-state index is 11.8. The van der Waals surface area contributed by atoms with Crippen LogP contribution in [-0.4, -0.2) is 35.1 Å². The van der Waals surface area contributed by atoms with Crippen molar-refractivity contribution in [3.63, 3.8) is 0 Å². The standard InChI is InChI=1S/C12H17N3O3/c1-2-15(9-8-11(13)14-17)12(16)18-10-6-4-3-5-7-10/h3-7,17H,2,8-9H2,1H3,(H2,13,14). The summed E-state index contributed by atoms with van der Waals surface area (Å²) in [6.45, 7) is 2.67. The molecule has 0 aromatic heterocycles. The second-order valence-electron chi connectivity index (χ2n) is 3.60. The number of hydrogen-bond donors (Lipinski definition) is 2. The summed E-state index contributed by atoms with van der Waals surface area (Å²) in [5.74, 6) is 0.575. The summed E-state index contributed by atoms with van der Waals surface area (Å²) in [6, 6.07) is 8.82. The maximum Gasteiger partial charge on any atom is 0.415 e. The molecule has 0 bridgehead atoms. The number of nitrogens with zero attached hydrogens (tertiary/aromatic N) is 2. The van der Waals surface area contributed by atoms with Crippen LogP contribution >= 0.6 is 0 Å². The highest BCUT2D eigenvalue weighted by molar-refractivity contribution is 5.80. The van der Waals surface area contributed by atoms with Gasteiger partial charge in [0.05, 0.1) is 0 Å². The molecule has 0 aliphatic carbocycles. The van der Waals surface area contributed by atoms with E-state index in [9.17, 15) is 4.79 Å². The average molecular weight is 251 g/mol. The van der Waals surface area contributed by atoms with Crippen LogP contribution in [0.5, 0.6) is 5.75 Å². The topological polar surface area (TPSA) is 88.1 Å². The molecule has 0 aliphatic rings. The van der Waals surface area contributed by atoms with Gasteiger partial charge < -0.3 is 20.6 Å². The van der Waals surface area contributed by atoms with Crippen molar-refractivity contribution in [2.24, 2.45) is 10.9 Å². The summed E-state index contributed by atoms with van der Waals surface area (Å²) in [7, 11) is 0. The number of hydrogen-bond acceptors (Lipinski definition) is 4. The lowest BCUT2D eigenvalue weighted by Crippen LogP contribution is -2.36. The lowest BCUT2D eigenvalue weighted by molar-refractivity contribution is 0.156. The van der Waals surface area contributed by atoms with Crippen LogP contribution in [0.2, 0.25) is 0 Å². The zero-order chi connectivity index (χ0) is 13.4. The molecule has 0 aliphatic heterocycles. The molecule has 0 saturated heterocycles. The molecular formula is C12H17N3O3. The number of amides is 1. The van der Waals surface area contributed by atoms with E-state index in [2.05, 4.69) is 5.16 Å². The highest BCUT2D eigenvalue weighted by atomic mass is 16.6. The molecule has 1 aromatic rings. The van der Waals surface area contributed by atoms with Crippen molar-refractivity contribution in [2.45, 2.75) is 13.3 Å². The molecule has 0 saturated carbocycles. The highest BCUT2D eigenvalue weighted by Crippen LogP contribution is 2.10. The lowest BCUT2D eigenvalue weighted by Gasteiger charge is -2.19. The van der Waals surface area contributed by atoms with Crippen LogP contribution in [0.25, 0.3) is 0 Å². The first-order valence-corrected chi connectivity index (χ1v) is 5.65. The fraction of sp³-hybridized carbons (Fsp3) is 0.333. The average Bonchev–Trinajstić information content (AvgIpc) is 2.40. The van der Waals surface area contributed by atoms with Crippen molar-refractivity contribution in [3.8, 4) is 5.75 Å². The first-order chi connectivity index (χ1) is 8.67. The van der Waals surface area contributed by atoms with Gasteiger partial charge in [0, 0.05) is 19.5 Å². The van der Waals surface area contributed by atoms with Gasteiger partial charge in [-0.2, -0.15) is 0 Å². The molecule has 1 amide bonds. The third-order valence-corrected chi connectivity index (χ3v) is 2.35. The third kappa shape index (κ3) is 4.32. The number of benzene rings is 1. The van der Waals surface area contributed by atoms with E-state index in [1.165, 1.54) is 4.90 Å². The molecule has 1 rings (SSSR count). The molecule has 0 fully saturated rings. The highest BCUT2D eigenvalue weighted by Gasteiger charge is 2.14. The van der Waals surface area contributed by atoms with Crippen LogP contribution in [0.15, 0.2) is 35.5 Å². The molecule has 18 heavy (non-hydrogen) atoms. The van der Waals surface area contributed by atoms with Gasteiger partial charge in [0.25, 0.3) is 0 Å². The van der Waals surface area contributed by atoms with Crippen LogP contribution in [0.4, 0.5) is 4.79 Å². The Morgan fingerprint density at radius 2 is 2.11 bits per heavy atom. The Kier molecular flexibility index (Phi) is 5.50. The monoisotopic (exact) mass is 251 g/mol. The molecule has 0 unspecified atom stereocenters. The Morgan fingerprint density at radius 1 is 1.44 bits per heavy atom. The van der Waals surface area contributed by atoms with E-state index in [1.54, 1.807) is 24.3 Å². The molecule has 1 aromatic carbocycles. The fourth-order valence-corrected chi connectivity index (χ4v) is 1.33. The Bertz CT molecular complexity index is 406. The van der Waals surface area contributed by atoms with Gasteiger partial charge in [-0.3, -0.25) is 0 Å². The van der Waals surface area contributed by atoms with Crippen LogP contribution in [0, 0.1) is 0 Å². The van der Waals surface area contributed by atoms with E-state index < -0.39 is 6.09 Å². The number of para-hydroxylation sites is 1. The van der Waals surface area contributed by atoms with E-state index in [-0.39, 0.29) is 5.84 Å². The van der Waals surface area contributed by atoms with E-state index >= 15 is 0 Å². The minimum absolute atomic E-state index is 0.0842. The summed E-state index contributed by atoms with van der Waals surface area (Å²) < 4.78 is 5.18. The molecule has 0 spiro atoms. The molecule has 0 heterocycles. The Hall–Kier alpha value is -2.24. The van der Waals surface area contributed by atoms with Crippen LogP contribution in [0.3, 0.4) is 0 Å². The third-order valence-electron chi connectivity index (χ3n) is 2.35. The first-order valence-electron chi connectivity index (χ1n) is 5.65. The van der Waals surface area contributed by atoms with Gasteiger partial charge in [0.15, 0.2) is 0 Å². The largest absolute Gasteiger partial charge is 0.415 e. The van der Waals surface area contributed by atoms with Crippen molar-refractivity contribution in [2.75, 3.05) is 13.1 Å². The summed E-state index contributed by atoms with van der Waals surface area (Å²) >= 11 is 0. The number of rotatable bonds is 5. The van der Waals surface area contributed by atoms with Crippen molar-refractivity contribution >= 4 is 11.9 Å². The zero-order valence-electron chi connectivity index (χ0n) is 10.2. The van der Waals surface area contributed by atoms with E-state index in [4.69, 9.17) is 15.7 Å². The normalized spacial score (nSPS) is 11.1. The minimum Gasteiger partial charge on any atom is -0.410 e. The Morgan fingerprint density at radius 3 is 2.67 bits per heavy atom. The van der Waals surface area contributed by atoms with Crippen molar-refractivity contribution < 1.29 is 14.7 Å². The second kappa shape index (κ2) is 7.16. The summed E-state index contributed by atoms with van der Waals surface area (Å²) in [5.41, 5.74) is 5.35. The van der Waals surface area contributed by atoms with Gasteiger partial charge in [-0.25, -0.2) is 4.79 Å². The fourth-order valence-electron chi connectivity index (χ4n) is 1.33. The van der Waals surface area contributed by atoms with Gasteiger partial charge in [0.2, 0.25) is 0 Å². The van der Waals surface area contributed by atoms with Gasteiger partial charge in [-0.1, -0.05) is 23.4 Å². The van der Waals surface area contributed by atoms with Crippen LogP contribution in [0.1, 0.15) is 13.3 Å². The maximum absolute atomic E-state index is 11.8. The number of ether oxygens (including phenoxy) is 1. The number of amidine groups is 1. The molecular weight excluding hydrogens is 234 g/mol. The minimum atomic E-state index is -0.450. The first kappa shape index (κ1) is 13.8. The summed E-state index contributed by atoms with van der Waals surface area (Å²) in [5, 5.41) is 11.3. The van der Waals surface area contributed by atoms with E-state index in [0.29, 0.717) is 25.3 Å². The zero-order valence-corrected chi connectivity index (χ0v) is 10.2. The molecule has 6 heteroatoms. The van der Waals surface area contributed by atoms with Crippen molar-refractivity contribution in [3.05, 3.63) is 30.3 Å². The van der Waals surface area contributed by atoms with Gasteiger partial charge in [0.1, 0.15) is 11.6 Å². The lowest BCUT2D eigenvalue weighted by atomic mass is 10.3. The molecule has 98 valence electrons. The number of carbonyl (C=O) groups excluding carboxylic acids is 1. The smallest absolute Gasteiger partial charge is 0.410 e. The van der Waals surface area contributed by atoms with Crippen LogP contribution < -0.4 is 10.5 Å². The van der Waals surface area contributed by atoms with E-state index in [1.807, 2.05) is 13.0 Å². The molecule has 6 nitrogen and oxygen atoms in total. The number of oxime groups is 1. The van der Waals surface area contributed by atoms with Crippen molar-refractivity contribution in [1.29, 1.82) is 0 Å². The molecule has 0 atom stereocenters. The van der Waals surface area contributed by atoms with Gasteiger partial charge in [-0.15, -0.1) is 0 Å².